The van der Waals surface area contributed by atoms with Gasteiger partial charge in [-0.25, -0.2) is 4.99 Å². The predicted molar refractivity (Wildman–Crippen MR) is 136 cm³/mol. The Morgan fingerprint density at radius 2 is 1.94 bits per heavy atom. The molecule has 1 amide bonds. The maximum atomic E-state index is 12.2. The van der Waals surface area contributed by atoms with Crippen molar-refractivity contribution in [2.45, 2.75) is 32.4 Å². The predicted octanol–water partition coefficient (Wildman–Crippen LogP) is 2.91. The summed E-state index contributed by atoms with van der Waals surface area (Å²) in [6, 6.07) is 11.9. The Labute approximate surface area is 207 Å². The van der Waals surface area contributed by atoms with Gasteiger partial charge in [0.05, 0.1) is 26.0 Å². The lowest BCUT2D eigenvalue weighted by Gasteiger charge is -2.30. The molecule has 2 aromatic rings. The van der Waals surface area contributed by atoms with Crippen molar-refractivity contribution in [3.63, 3.8) is 0 Å². The molecule has 3 rings (SSSR count). The third kappa shape index (κ3) is 7.70. The molecule has 0 aliphatic carbocycles. The fourth-order valence-corrected chi connectivity index (χ4v) is 3.77. The summed E-state index contributed by atoms with van der Waals surface area (Å²) < 4.78 is 10.8. The van der Waals surface area contributed by atoms with Crippen molar-refractivity contribution in [1.29, 1.82) is 0 Å². The van der Waals surface area contributed by atoms with Crippen molar-refractivity contribution in [3.05, 3.63) is 54.0 Å². The van der Waals surface area contributed by atoms with Crippen LogP contribution >= 0.6 is 24.0 Å². The van der Waals surface area contributed by atoms with Crippen LogP contribution in [-0.4, -0.2) is 56.6 Å². The first-order valence-corrected chi connectivity index (χ1v) is 10.9. The van der Waals surface area contributed by atoms with Gasteiger partial charge in [0.15, 0.2) is 5.96 Å². The molecule has 9 heteroatoms. The number of hydrogen-bond donors (Lipinski definition) is 3. The number of hydrogen-bond acceptors (Lipinski definition) is 5. The van der Waals surface area contributed by atoms with E-state index in [0.717, 1.165) is 24.4 Å². The average Bonchev–Trinajstić information content (AvgIpc) is 3.51. The number of methoxy groups -OCH3 is 1. The van der Waals surface area contributed by atoms with E-state index in [1.165, 1.54) is 12.8 Å². The molecular formula is C23H34IN5O3. The molecule has 1 aliphatic heterocycles. The summed E-state index contributed by atoms with van der Waals surface area (Å²) in [5.74, 6) is 2.07. The van der Waals surface area contributed by atoms with E-state index in [1.54, 1.807) is 19.4 Å². The minimum atomic E-state index is -0.158. The lowest BCUT2D eigenvalue weighted by Crippen LogP contribution is -2.43. The minimum Gasteiger partial charge on any atom is -0.496 e. The third-order valence-electron chi connectivity index (χ3n) is 5.31. The molecule has 1 fully saturated rings. The lowest BCUT2D eigenvalue weighted by atomic mass is 10.0. The quantitative estimate of drug-likeness (QED) is 0.237. The fourth-order valence-electron chi connectivity index (χ4n) is 3.77. The number of nitrogens with one attached hydrogen (secondary N) is 3. The zero-order valence-electron chi connectivity index (χ0n) is 18.8. The molecule has 8 nitrogen and oxygen atoms in total. The van der Waals surface area contributed by atoms with Gasteiger partial charge >= 0.3 is 0 Å². The topological polar surface area (TPSA) is 91.1 Å². The van der Waals surface area contributed by atoms with Crippen LogP contribution in [0.1, 0.15) is 37.1 Å². The monoisotopic (exact) mass is 555 g/mol. The standard InChI is InChI=1S/C23H33N5O3.HI/c1-3-24-23(27-17-22(29)25-15-18-9-8-14-31-18)26-16-20(28-12-6-7-13-28)19-10-4-5-11-21(19)30-2;/h4-5,8-11,14,20H,3,6-7,12-13,15-17H2,1-2H3,(H,25,29)(H2,24,26,27);1H. The Morgan fingerprint density at radius 3 is 2.62 bits per heavy atom. The molecule has 0 radical (unpaired) electrons. The number of likely N-dealkylation sites (tertiary alicyclic amines) is 1. The van der Waals surface area contributed by atoms with Crippen LogP contribution in [-0.2, 0) is 11.3 Å². The number of halogens is 1. The fraction of sp³-hybridized carbons (Fsp3) is 0.478. The Hall–Kier alpha value is -2.27. The summed E-state index contributed by atoms with van der Waals surface area (Å²) in [7, 11) is 1.71. The minimum absolute atomic E-state index is 0. The van der Waals surface area contributed by atoms with E-state index < -0.39 is 0 Å². The molecular weight excluding hydrogens is 521 g/mol. The molecule has 0 bridgehead atoms. The first-order chi connectivity index (χ1) is 15.2. The first-order valence-electron chi connectivity index (χ1n) is 10.9. The van der Waals surface area contributed by atoms with Gasteiger partial charge < -0.3 is 25.1 Å². The highest BCUT2D eigenvalue weighted by molar-refractivity contribution is 14.0. The maximum absolute atomic E-state index is 12.2. The van der Waals surface area contributed by atoms with Gasteiger partial charge in [-0.1, -0.05) is 18.2 Å². The van der Waals surface area contributed by atoms with Crippen molar-refractivity contribution < 1.29 is 13.9 Å². The summed E-state index contributed by atoms with van der Waals surface area (Å²) in [6.45, 7) is 5.91. The number of para-hydroxylation sites is 1. The molecule has 1 atom stereocenters. The van der Waals surface area contributed by atoms with Crippen LogP contribution < -0.4 is 20.7 Å². The van der Waals surface area contributed by atoms with Crippen LogP contribution in [0.2, 0.25) is 0 Å². The van der Waals surface area contributed by atoms with Gasteiger partial charge in [-0.3, -0.25) is 9.69 Å². The Kier molecular flexibility index (Phi) is 11.4. The summed E-state index contributed by atoms with van der Waals surface area (Å²) in [4.78, 5) is 19.1. The zero-order valence-corrected chi connectivity index (χ0v) is 21.1. The second-order valence-corrected chi connectivity index (χ2v) is 7.43. The number of carbonyl (C=O) groups is 1. The Bertz CT molecular complexity index is 838. The van der Waals surface area contributed by atoms with Crippen molar-refractivity contribution in [2.75, 3.05) is 39.8 Å². The molecule has 1 aromatic carbocycles. The van der Waals surface area contributed by atoms with Crippen LogP contribution in [0.3, 0.4) is 0 Å². The van der Waals surface area contributed by atoms with Gasteiger partial charge in [-0.05, 0) is 51.1 Å². The Morgan fingerprint density at radius 1 is 1.16 bits per heavy atom. The van der Waals surface area contributed by atoms with Crippen molar-refractivity contribution in [2.24, 2.45) is 4.99 Å². The second-order valence-electron chi connectivity index (χ2n) is 7.43. The van der Waals surface area contributed by atoms with Crippen molar-refractivity contribution in [3.8, 4) is 5.75 Å². The van der Waals surface area contributed by atoms with E-state index >= 15 is 0 Å². The molecule has 1 aliphatic rings. The number of benzene rings is 1. The van der Waals surface area contributed by atoms with E-state index in [9.17, 15) is 4.79 Å². The van der Waals surface area contributed by atoms with Gasteiger partial charge in [0.25, 0.3) is 0 Å². The maximum Gasteiger partial charge on any atom is 0.242 e. The molecule has 2 heterocycles. The highest BCUT2D eigenvalue weighted by Crippen LogP contribution is 2.31. The number of rotatable bonds is 10. The molecule has 3 N–H and O–H groups in total. The number of amides is 1. The smallest absolute Gasteiger partial charge is 0.242 e. The van der Waals surface area contributed by atoms with Gasteiger partial charge in [0, 0.05) is 18.7 Å². The van der Waals surface area contributed by atoms with Crippen LogP contribution in [0, 0.1) is 0 Å². The van der Waals surface area contributed by atoms with Crippen LogP contribution in [0.4, 0.5) is 0 Å². The van der Waals surface area contributed by atoms with Crippen molar-refractivity contribution >= 4 is 35.8 Å². The van der Waals surface area contributed by atoms with Crippen molar-refractivity contribution in [1.82, 2.24) is 20.9 Å². The summed E-state index contributed by atoms with van der Waals surface area (Å²) in [5.41, 5.74) is 1.16. The number of carbonyl (C=O) groups excluding carboxylic acids is 1. The van der Waals surface area contributed by atoms with Crippen LogP contribution in [0.25, 0.3) is 0 Å². The molecule has 0 spiro atoms. The summed E-state index contributed by atoms with van der Waals surface area (Å²) in [5, 5.41) is 9.45. The summed E-state index contributed by atoms with van der Waals surface area (Å²) >= 11 is 0. The number of furan rings is 1. The average molecular weight is 555 g/mol. The molecule has 32 heavy (non-hydrogen) atoms. The van der Waals surface area contributed by atoms with Gasteiger partial charge in [-0.2, -0.15) is 0 Å². The van der Waals surface area contributed by atoms with E-state index in [0.29, 0.717) is 31.4 Å². The molecule has 0 saturated carbocycles. The SMILES string of the molecule is CCNC(=NCC(=O)NCc1ccco1)NCC(c1ccccc1OC)N1CCCC1.I. The van der Waals surface area contributed by atoms with E-state index in [4.69, 9.17) is 9.15 Å². The van der Waals surface area contributed by atoms with Gasteiger partial charge in [-0.15, -0.1) is 24.0 Å². The molecule has 1 unspecified atom stereocenters. The second kappa shape index (κ2) is 14.0. The molecule has 176 valence electrons. The first kappa shape index (κ1) is 26.0. The number of nitrogens with zero attached hydrogens (tertiary/aromatic N) is 2. The van der Waals surface area contributed by atoms with Crippen LogP contribution in [0.15, 0.2) is 52.1 Å². The normalized spacial score (nSPS) is 15.0. The highest BCUT2D eigenvalue weighted by atomic mass is 127. The van der Waals surface area contributed by atoms with Gasteiger partial charge in [0.2, 0.25) is 5.91 Å². The lowest BCUT2D eigenvalue weighted by molar-refractivity contribution is -0.119. The third-order valence-corrected chi connectivity index (χ3v) is 5.31. The largest absolute Gasteiger partial charge is 0.496 e. The molecule has 1 aromatic heterocycles. The number of aliphatic imine (C=N–C) groups is 1. The number of guanidine groups is 1. The highest BCUT2D eigenvalue weighted by Gasteiger charge is 2.26. The van der Waals surface area contributed by atoms with Gasteiger partial charge in [0.1, 0.15) is 18.1 Å². The summed E-state index contributed by atoms with van der Waals surface area (Å²) in [6.07, 6.45) is 4.00. The molecule has 1 saturated heterocycles. The van der Waals surface area contributed by atoms with Crippen LogP contribution in [0.5, 0.6) is 5.75 Å². The van der Waals surface area contributed by atoms with E-state index in [2.05, 4.69) is 31.9 Å². The zero-order chi connectivity index (χ0) is 21.9. The Balaban J connectivity index is 0.00000363. The van der Waals surface area contributed by atoms with E-state index in [1.807, 2.05) is 31.2 Å². The van der Waals surface area contributed by atoms with E-state index in [-0.39, 0.29) is 42.5 Å². The number of ether oxygens (including phenoxy) is 1.